The zero-order chi connectivity index (χ0) is 25.3. The fourth-order valence-electron chi connectivity index (χ4n) is 4.27. The fraction of sp³-hybridized carbons (Fsp3) is 0.552. The number of carbonyl (C=O) groups excluding carboxylic acids is 1. The number of benzene rings is 2. The zero-order valence-electron chi connectivity index (χ0n) is 21.4. The topological polar surface area (TPSA) is 74.2 Å². The number of aliphatic hydroxyl groups is 1. The summed E-state index contributed by atoms with van der Waals surface area (Å²) in [6, 6.07) is 20.0. The quantitative estimate of drug-likeness (QED) is 0.360. The molecule has 1 N–H and O–H groups in total. The Bertz CT molecular complexity index is 894. The summed E-state index contributed by atoms with van der Waals surface area (Å²) in [7, 11) is 0. The first-order valence-corrected chi connectivity index (χ1v) is 12.4. The van der Waals surface area contributed by atoms with Crippen LogP contribution in [0.15, 0.2) is 60.7 Å². The molecule has 0 amide bonds. The Hall–Kier alpha value is -2.25. The number of esters is 1. The van der Waals surface area contributed by atoms with Crippen LogP contribution in [0.1, 0.15) is 51.7 Å². The van der Waals surface area contributed by atoms with Crippen LogP contribution >= 0.6 is 0 Å². The molecular formula is C29H40O6. The van der Waals surface area contributed by atoms with Crippen molar-refractivity contribution in [3.05, 3.63) is 71.8 Å². The van der Waals surface area contributed by atoms with Crippen LogP contribution in [0.4, 0.5) is 0 Å². The SMILES string of the molecule is CC(C)(C)C(=O)O[C@H]1C[C@H](CO)O[C@H](CCOCc2ccccc2)[C@@]1(C)COCc1ccccc1. The van der Waals surface area contributed by atoms with Gasteiger partial charge in [-0.1, -0.05) is 67.6 Å². The molecule has 0 aliphatic carbocycles. The first kappa shape index (κ1) is 27.3. The van der Waals surface area contributed by atoms with E-state index in [0.717, 1.165) is 11.1 Å². The van der Waals surface area contributed by atoms with Crippen molar-refractivity contribution >= 4 is 5.97 Å². The number of aliphatic hydroxyl groups excluding tert-OH is 1. The molecule has 2 aromatic rings. The van der Waals surface area contributed by atoms with E-state index >= 15 is 0 Å². The highest BCUT2D eigenvalue weighted by molar-refractivity contribution is 5.75. The van der Waals surface area contributed by atoms with Crippen LogP contribution in [-0.2, 0) is 37.0 Å². The smallest absolute Gasteiger partial charge is 0.311 e. The van der Waals surface area contributed by atoms with Crippen molar-refractivity contribution in [2.45, 2.75) is 72.1 Å². The number of rotatable bonds is 11. The second-order valence-electron chi connectivity index (χ2n) is 10.6. The molecule has 1 saturated heterocycles. The van der Waals surface area contributed by atoms with E-state index in [9.17, 15) is 9.90 Å². The van der Waals surface area contributed by atoms with Crippen molar-refractivity contribution in [3.8, 4) is 0 Å². The Kier molecular flexibility index (Phi) is 9.87. The molecule has 0 unspecified atom stereocenters. The lowest BCUT2D eigenvalue weighted by Crippen LogP contribution is -2.57. The molecule has 1 aliphatic heterocycles. The molecule has 1 heterocycles. The summed E-state index contributed by atoms with van der Waals surface area (Å²) < 4.78 is 24.5. The van der Waals surface area contributed by atoms with E-state index in [1.165, 1.54) is 0 Å². The highest BCUT2D eigenvalue weighted by Crippen LogP contribution is 2.41. The first-order chi connectivity index (χ1) is 16.7. The van der Waals surface area contributed by atoms with Gasteiger partial charge in [0.05, 0.1) is 49.5 Å². The Labute approximate surface area is 209 Å². The lowest BCUT2D eigenvalue weighted by atomic mass is 9.73. The molecule has 1 fully saturated rings. The molecule has 6 heteroatoms. The predicted molar refractivity (Wildman–Crippen MR) is 135 cm³/mol. The highest BCUT2D eigenvalue weighted by Gasteiger charge is 2.50. The van der Waals surface area contributed by atoms with Crippen LogP contribution in [0, 0.1) is 10.8 Å². The van der Waals surface area contributed by atoms with E-state index in [1.807, 2.05) is 88.4 Å². The van der Waals surface area contributed by atoms with Gasteiger partial charge in [0, 0.05) is 13.0 Å². The Morgan fingerprint density at radius 1 is 1.00 bits per heavy atom. The molecule has 0 bridgehead atoms. The maximum atomic E-state index is 12.8. The highest BCUT2D eigenvalue weighted by atomic mass is 16.6. The van der Waals surface area contributed by atoms with Crippen molar-refractivity contribution in [1.29, 1.82) is 0 Å². The monoisotopic (exact) mass is 484 g/mol. The van der Waals surface area contributed by atoms with Gasteiger partial charge < -0.3 is 24.1 Å². The summed E-state index contributed by atoms with van der Waals surface area (Å²) in [4.78, 5) is 12.8. The molecule has 3 rings (SSSR count). The molecule has 0 spiro atoms. The van der Waals surface area contributed by atoms with E-state index in [0.29, 0.717) is 39.3 Å². The molecule has 0 saturated carbocycles. The number of hydrogen-bond donors (Lipinski definition) is 1. The van der Waals surface area contributed by atoms with Gasteiger partial charge >= 0.3 is 5.97 Å². The largest absolute Gasteiger partial charge is 0.461 e. The van der Waals surface area contributed by atoms with Crippen LogP contribution in [0.5, 0.6) is 0 Å². The van der Waals surface area contributed by atoms with E-state index < -0.39 is 23.0 Å². The number of hydrogen-bond acceptors (Lipinski definition) is 6. The van der Waals surface area contributed by atoms with Crippen LogP contribution in [-0.4, -0.2) is 49.2 Å². The van der Waals surface area contributed by atoms with Crippen LogP contribution in [0.3, 0.4) is 0 Å². The second-order valence-corrected chi connectivity index (χ2v) is 10.6. The lowest BCUT2D eigenvalue weighted by molar-refractivity contribution is -0.227. The Morgan fingerprint density at radius 2 is 1.57 bits per heavy atom. The third-order valence-corrected chi connectivity index (χ3v) is 6.53. The number of ether oxygens (including phenoxy) is 4. The van der Waals surface area contributed by atoms with Gasteiger partial charge in [0.1, 0.15) is 6.10 Å². The molecule has 1 aliphatic rings. The average Bonchev–Trinajstić information content (AvgIpc) is 2.84. The lowest BCUT2D eigenvalue weighted by Gasteiger charge is -2.49. The second kappa shape index (κ2) is 12.6. The van der Waals surface area contributed by atoms with Gasteiger partial charge in [-0.25, -0.2) is 0 Å². The predicted octanol–water partition coefficient (Wildman–Crippen LogP) is 4.92. The van der Waals surface area contributed by atoms with Crippen molar-refractivity contribution in [1.82, 2.24) is 0 Å². The normalized spacial score (nSPS) is 24.8. The van der Waals surface area contributed by atoms with Crippen molar-refractivity contribution in [2.24, 2.45) is 10.8 Å². The fourth-order valence-corrected chi connectivity index (χ4v) is 4.27. The Balaban J connectivity index is 1.72. The summed E-state index contributed by atoms with van der Waals surface area (Å²) in [6.07, 6.45) is -0.148. The van der Waals surface area contributed by atoms with Gasteiger partial charge in [-0.05, 0) is 38.3 Å². The molecule has 6 nitrogen and oxygen atoms in total. The molecule has 0 aromatic heterocycles. The molecule has 4 atom stereocenters. The van der Waals surface area contributed by atoms with E-state index in [2.05, 4.69) is 0 Å². The minimum atomic E-state index is -0.632. The van der Waals surface area contributed by atoms with E-state index in [1.54, 1.807) is 0 Å². The standard InChI is InChI=1S/C29H40O6/c1-28(2,3)27(31)35-26-17-24(18-30)34-25(15-16-32-19-22-11-7-5-8-12-22)29(26,4)21-33-20-23-13-9-6-10-14-23/h5-14,24-26,30H,15-21H2,1-4H3/t24-,25-,26+,29-/m1/s1. The number of carbonyl (C=O) groups is 1. The van der Waals surface area contributed by atoms with Gasteiger partial charge in [-0.3, -0.25) is 4.79 Å². The third kappa shape index (κ3) is 7.87. The first-order valence-electron chi connectivity index (χ1n) is 12.4. The maximum Gasteiger partial charge on any atom is 0.311 e. The molecule has 0 radical (unpaired) electrons. The summed E-state index contributed by atoms with van der Waals surface area (Å²) in [5.41, 5.74) is 0.952. The molecular weight excluding hydrogens is 444 g/mol. The third-order valence-electron chi connectivity index (χ3n) is 6.53. The van der Waals surface area contributed by atoms with E-state index in [4.69, 9.17) is 18.9 Å². The van der Waals surface area contributed by atoms with Crippen LogP contribution in [0.25, 0.3) is 0 Å². The van der Waals surface area contributed by atoms with Crippen LogP contribution < -0.4 is 0 Å². The van der Waals surface area contributed by atoms with Gasteiger partial charge in [-0.2, -0.15) is 0 Å². The van der Waals surface area contributed by atoms with Crippen molar-refractivity contribution in [2.75, 3.05) is 19.8 Å². The zero-order valence-corrected chi connectivity index (χ0v) is 21.4. The van der Waals surface area contributed by atoms with Crippen molar-refractivity contribution in [3.63, 3.8) is 0 Å². The molecule has 35 heavy (non-hydrogen) atoms. The average molecular weight is 485 g/mol. The molecule has 2 aromatic carbocycles. The summed E-state index contributed by atoms with van der Waals surface area (Å²) in [6.45, 7) is 9.25. The van der Waals surface area contributed by atoms with Gasteiger partial charge in [-0.15, -0.1) is 0 Å². The maximum absolute atomic E-state index is 12.8. The summed E-state index contributed by atoms with van der Waals surface area (Å²) >= 11 is 0. The van der Waals surface area contributed by atoms with Gasteiger partial charge in [0.25, 0.3) is 0 Å². The van der Waals surface area contributed by atoms with Crippen LogP contribution in [0.2, 0.25) is 0 Å². The van der Waals surface area contributed by atoms with Crippen molar-refractivity contribution < 1.29 is 28.8 Å². The van der Waals surface area contributed by atoms with E-state index in [-0.39, 0.29) is 18.7 Å². The summed E-state index contributed by atoms with van der Waals surface area (Å²) in [5, 5.41) is 9.91. The minimum Gasteiger partial charge on any atom is -0.461 e. The molecule has 192 valence electrons. The van der Waals surface area contributed by atoms with Gasteiger partial charge in [0.15, 0.2) is 0 Å². The Morgan fingerprint density at radius 3 is 2.11 bits per heavy atom. The van der Waals surface area contributed by atoms with Gasteiger partial charge in [0.2, 0.25) is 0 Å². The summed E-state index contributed by atoms with van der Waals surface area (Å²) in [5.74, 6) is -0.269. The minimum absolute atomic E-state index is 0.133.